The topological polar surface area (TPSA) is 67.4 Å². The van der Waals surface area contributed by atoms with Gasteiger partial charge in [0.15, 0.2) is 0 Å². The summed E-state index contributed by atoms with van der Waals surface area (Å²) >= 11 is 0. The van der Waals surface area contributed by atoms with Crippen molar-refractivity contribution in [1.82, 2.24) is 5.32 Å². The molecule has 2 amide bonds. The van der Waals surface area contributed by atoms with Crippen LogP contribution in [0.5, 0.6) is 5.75 Å². The highest BCUT2D eigenvalue weighted by Gasteiger charge is 2.40. The molecule has 0 aromatic heterocycles. The van der Waals surface area contributed by atoms with E-state index < -0.39 is 5.41 Å². The number of ether oxygens (including phenoxy) is 1. The van der Waals surface area contributed by atoms with Crippen LogP contribution >= 0.6 is 0 Å². The molecule has 2 N–H and O–H groups in total. The van der Waals surface area contributed by atoms with E-state index in [1.807, 2.05) is 6.07 Å². The molecule has 2 aromatic rings. The third-order valence-electron chi connectivity index (χ3n) is 5.66. The molecular formula is C23H27FN2O3. The maximum Gasteiger partial charge on any atom is 0.251 e. The zero-order valence-electron chi connectivity index (χ0n) is 16.9. The maximum atomic E-state index is 13.7. The minimum atomic E-state index is -0.611. The van der Waals surface area contributed by atoms with Gasteiger partial charge in [-0.1, -0.05) is 31.4 Å². The van der Waals surface area contributed by atoms with Crippen molar-refractivity contribution in [3.8, 4) is 5.75 Å². The van der Waals surface area contributed by atoms with Gasteiger partial charge >= 0.3 is 0 Å². The second-order valence-corrected chi connectivity index (χ2v) is 7.60. The molecule has 1 aliphatic carbocycles. The van der Waals surface area contributed by atoms with Gasteiger partial charge in [0.05, 0.1) is 18.2 Å². The second kappa shape index (κ2) is 9.07. The number of amides is 2. The molecule has 1 aliphatic rings. The van der Waals surface area contributed by atoms with Crippen molar-refractivity contribution in [3.05, 3.63) is 59.4 Å². The summed E-state index contributed by atoms with van der Waals surface area (Å²) in [5.74, 6) is -0.166. The number of hydrogen-bond donors (Lipinski definition) is 2. The van der Waals surface area contributed by atoms with Crippen molar-refractivity contribution in [2.45, 2.75) is 38.5 Å². The Balaban J connectivity index is 1.90. The summed E-state index contributed by atoms with van der Waals surface area (Å²) in [6, 6.07) is 11.4. The first-order valence-corrected chi connectivity index (χ1v) is 9.93. The lowest BCUT2D eigenvalue weighted by Gasteiger charge is -2.36. The molecule has 0 heterocycles. The zero-order chi connectivity index (χ0) is 20.9. The molecule has 6 heteroatoms. The number of benzene rings is 2. The van der Waals surface area contributed by atoms with Gasteiger partial charge in [0.2, 0.25) is 5.91 Å². The summed E-state index contributed by atoms with van der Waals surface area (Å²) in [6.45, 7) is 0. The number of hydrogen-bond acceptors (Lipinski definition) is 3. The summed E-state index contributed by atoms with van der Waals surface area (Å²) in [7, 11) is 3.08. The molecule has 0 atom stereocenters. The lowest BCUT2D eigenvalue weighted by molar-refractivity contribution is -0.127. The Morgan fingerprint density at radius 1 is 1.10 bits per heavy atom. The Bertz CT molecular complexity index is 891. The molecule has 1 fully saturated rings. The lowest BCUT2D eigenvalue weighted by Crippen LogP contribution is -2.40. The molecule has 29 heavy (non-hydrogen) atoms. The molecule has 154 valence electrons. The Kier molecular flexibility index (Phi) is 6.52. The van der Waals surface area contributed by atoms with Crippen LogP contribution in [0.3, 0.4) is 0 Å². The Morgan fingerprint density at radius 2 is 1.86 bits per heavy atom. The van der Waals surface area contributed by atoms with Crippen LogP contribution in [0.1, 0.15) is 48.0 Å². The van der Waals surface area contributed by atoms with E-state index >= 15 is 0 Å². The number of rotatable bonds is 6. The quantitative estimate of drug-likeness (QED) is 0.761. The first-order valence-electron chi connectivity index (χ1n) is 9.93. The fraction of sp³-hybridized carbons (Fsp3) is 0.391. The van der Waals surface area contributed by atoms with E-state index in [9.17, 15) is 14.0 Å². The van der Waals surface area contributed by atoms with E-state index in [2.05, 4.69) is 10.6 Å². The minimum Gasteiger partial charge on any atom is -0.495 e. The number of carbonyl (C=O) groups is 2. The van der Waals surface area contributed by atoms with Gasteiger partial charge in [0.1, 0.15) is 11.6 Å². The van der Waals surface area contributed by atoms with Crippen molar-refractivity contribution >= 4 is 17.5 Å². The van der Waals surface area contributed by atoms with Gasteiger partial charge in [-0.25, -0.2) is 4.39 Å². The van der Waals surface area contributed by atoms with Crippen LogP contribution in [0.25, 0.3) is 0 Å². The summed E-state index contributed by atoms with van der Waals surface area (Å²) in [6.07, 6.45) is 4.97. The molecule has 0 radical (unpaired) electrons. The fourth-order valence-corrected chi connectivity index (χ4v) is 4.10. The van der Waals surface area contributed by atoms with Gasteiger partial charge in [0, 0.05) is 12.6 Å². The standard InChI is InChI=1S/C23H27FN2O3/c1-25-21(27)17-9-10-20(29-2)19(14-17)26-22(28)23(11-4-3-5-12-23)15-16-7-6-8-18(24)13-16/h6-10,13-14H,3-5,11-12,15H2,1-2H3,(H,25,27)(H,26,28). The molecule has 1 saturated carbocycles. The number of methoxy groups -OCH3 is 1. The van der Waals surface area contributed by atoms with Gasteiger partial charge in [-0.15, -0.1) is 0 Å². The largest absolute Gasteiger partial charge is 0.495 e. The lowest BCUT2D eigenvalue weighted by atomic mass is 9.69. The molecule has 3 rings (SSSR count). The van der Waals surface area contributed by atoms with Crippen molar-refractivity contribution in [2.24, 2.45) is 5.41 Å². The zero-order valence-corrected chi connectivity index (χ0v) is 16.9. The molecule has 0 spiro atoms. The third kappa shape index (κ3) is 4.75. The highest BCUT2D eigenvalue weighted by molar-refractivity contribution is 6.00. The van der Waals surface area contributed by atoms with E-state index in [0.29, 0.717) is 23.4 Å². The predicted molar refractivity (Wildman–Crippen MR) is 111 cm³/mol. The van der Waals surface area contributed by atoms with Crippen LogP contribution < -0.4 is 15.4 Å². The molecule has 0 saturated heterocycles. The normalized spacial score (nSPS) is 15.4. The number of anilines is 1. The van der Waals surface area contributed by atoms with Crippen LogP contribution in [-0.2, 0) is 11.2 Å². The summed E-state index contributed by atoms with van der Waals surface area (Å²) in [4.78, 5) is 25.4. The van der Waals surface area contributed by atoms with Crippen LogP contribution in [-0.4, -0.2) is 26.0 Å². The van der Waals surface area contributed by atoms with Crippen molar-refractivity contribution in [3.63, 3.8) is 0 Å². The van der Waals surface area contributed by atoms with Gasteiger partial charge in [-0.05, 0) is 55.2 Å². The van der Waals surface area contributed by atoms with E-state index in [4.69, 9.17) is 4.74 Å². The minimum absolute atomic E-state index is 0.117. The smallest absolute Gasteiger partial charge is 0.251 e. The predicted octanol–water partition coefficient (Wildman–Crippen LogP) is 4.33. The Morgan fingerprint density at radius 3 is 2.52 bits per heavy atom. The average Bonchev–Trinajstić information content (AvgIpc) is 2.73. The highest BCUT2D eigenvalue weighted by Crippen LogP contribution is 2.41. The SMILES string of the molecule is CNC(=O)c1ccc(OC)c(NC(=O)C2(Cc3cccc(F)c3)CCCCC2)c1. The number of carbonyl (C=O) groups excluding carboxylic acids is 2. The van der Waals surface area contributed by atoms with E-state index in [1.54, 1.807) is 31.3 Å². The first kappa shape index (κ1) is 20.8. The van der Waals surface area contributed by atoms with Gasteiger partial charge in [0.25, 0.3) is 5.91 Å². The molecule has 0 unspecified atom stereocenters. The Hall–Kier alpha value is -2.89. The van der Waals surface area contributed by atoms with Crippen LogP contribution in [0.2, 0.25) is 0 Å². The molecule has 0 aliphatic heterocycles. The van der Waals surface area contributed by atoms with Gasteiger partial charge in [-0.3, -0.25) is 9.59 Å². The van der Waals surface area contributed by atoms with Gasteiger partial charge in [-0.2, -0.15) is 0 Å². The molecule has 0 bridgehead atoms. The van der Waals surface area contributed by atoms with Crippen LogP contribution in [0.4, 0.5) is 10.1 Å². The monoisotopic (exact) mass is 398 g/mol. The molecular weight excluding hydrogens is 371 g/mol. The van der Waals surface area contributed by atoms with Crippen LogP contribution in [0.15, 0.2) is 42.5 Å². The maximum absolute atomic E-state index is 13.7. The number of nitrogens with one attached hydrogen (secondary N) is 2. The summed E-state index contributed by atoms with van der Waals surface area (Å²) in [5, 5.41) is 5.57. The first-order chi connectivity index (χ1) is 14.0. The fourth-order valence-electron chi connectivity index (χ4n) is 4.10. The van der Waals surface area contributed by atoms with Gasteiger partial charge < -0.3 is 15.4 Å². The van der Waals surface area contributed by atoms with Crippen molar-refractivity contribution in [2.75, 3.05) is 19.5 Å². The summed E-state index contributed by atoms with van der Waals surface area (Å²) < 4.78 is 19.1. The number of halogens is 1. The molecule has 2 aromatic carbocycles. The van der Waals surface area contributed by atoms with Crippen molar-refractivity contribution in [1.29, 1.82) is 0 Å². The second-order valence-electron chi connectivity index (χ2n) is 7.60. The van der Waals surface area contributed by atoms with E-state index in [-0.39, 0.29) is 17.6 Å². The Labute approximate surface area is 170 Å². The summed E-state index contributed by atoms with van der Waals surface area (Å²) in [5.41, 5.74) is 1.10. The highest BCUT2D eigenvalue weighted by atomic mass is 19.1. The molecule has 5 nitrogen and oxygen atoms in total. The third-order valence-corrected chi connectivity index (χ3v) is 5.66. The van der Waals surface area contributed by atoms with Crippen molar-refractivity contribution < 1.29 is 18.7 Å². The van der Waals surface area contributed by atoms with E-state index in [1.165, 1.54) is 19.2 Å². The van der Waals surface area contributed by atoms with E-state index in [0.717, 1.165) is 37.7 Å². The van der Waals surface area contributed by atoms with Crippen LogP contribution in [0, 0.1) is 11.2 Å². The average molecular weight is 398 g/mol.